The van der Waals surface area contributed by atoms with Crippen molar-refractivity contribution in [2.24, 2.45) is 0 Å². The Labute approximate surface area is 198 Å². The molecule has 4 aromatic rings. The number of nitrogens with zero attached hydrogens (tertiary/aromatic N) is 3. The molecule has 10 heteroatoms. The first-order chi connectivity index (χ1) is 15.8. The van der Waals surface area contributed by atoms with Crippen LogP contribution in [0.5, 0.6) is 0 Å². The first-order valence-electron chi connectivity index (χ1n) is 10.4. The highest BCUT2D eigenvalue weighted by Gasteiger charge is 2.38. The summed E-state index contributed by atoms with van der Waals surface area (Å²) in [6.45, 7) is 0.229. The highest BCUT2D eigenvalue weighted by atomic mass is 35.5. The van der Waals surface area contributed by atoms with Crippen LogP contribution in [0.15, 0.2) is 60.8 Å². The van der Waals surface area contributed by atoms with Crippen molar-refractivity contribution in [1.29, 1.82) is 0 Å². The van der Waals surface area contributed by atoms with E-state index in [9.17, 15) is 22.4 Å². The number of amides is 1. The molecule has 2 heterocycles. The fourth-order valence-electron chi connectivity index (χ4n) is 3.74. The molecule has 176 valence electrons. The summed E-state index contributed by atoms with van der Waals surface area (Å²) >= 11 is 0. The number of halogens is 5. The zero-order valence-corrected chi connectivity index (χ0v) is 18.5. The van der Waals surface area contributed by atoms with Crippen molar-refractivity contribution in [3.8, 4) is 5.69 Å². The third-order valence-electron chi connectivity index (χ3n) is 5.58. The Bertz CT molecular complexity index is 1360. The lowest BCUT2D eigenvalue weighted by molar-refractivity contribution is -0.141. The highest BCUT2D eigenvalue weighted by Crippen LogP contribution is 2.43. The number of nitrogens with one attached hydrogen (secondary N) is 1. The molecule has 0 spiro atoms. The molecule has 2 aromatic carbocycles. The average Bonchev–Trinajstić information content (AvgIpc) is 3.54. The number of benzene rings is 2. The van der Waals surface area contributed by atoms with E-state index >= 15 is 0 Å². The smallest absolute Gasteiger partial charge is 0.348 e. The van der Waals surface area contributed by atoms with Crippen LogP contribution >= 0.6 is 12.4 Å². The van der Waals surface area contributed by atoms with Gasteiger partial charge in [-0.2, -0.15) is 18.3 Å². The van der Waals surface area contributed by atoms with Crippen molar-refractivity contribution in [2.75, 3.05) is 0 Å². The number of alkyl halides is 3. The molecule has 1 aliphatic carbocycles. The average molecular weight is 491 g/mol. The summed E-state index contributed by atoms with van der Waals surface area (Å²) in [6.07, 6.45) is -1.46. The standard InChI is InChI=1S/C24H18F4N4O.ClH/c25-18-11-17(23(33)30-13-14-3-7-19-16(10-14)2-1-9-29-19)6-8-20(18)32-21(15-4-5-15)12-22(31-32)24(26,27)28;/h1-3,6-12,15H,4-5,13H2,(H,30,33);1H. The zero-order chi connectivity index (χ0) is 23.2. The van der Waals surface area contributed by atoms with Crippen molar-refractivity contribution in [1.82, 2.24) is 20.1 Å². The zero-order valence-electron chi connectivity index (χ0n) is 17.6. The molecule has 2 aromatic heterocycles. The van der Waals surface area contributed by atoms with Crippen molar-refractivity contribution < 1.29 is 22.4 Å². The van der Waals surface area contributed by atoms with E-state index < -0.39 is 23.6 Å². The molecule has 1 saturated carbocycles. The largest absolute Gasteiger partial charge is 0.435 e. The molecule has 0 bridgehead atoms. The Balaban J connectivity index is 0.00000274. The number of carbonyl (C=O) groups is 1. The minimum atomic E-state index is -4.62. The lowest BCUT2D eigenvalue weighted by atomic mass is 10.1. The molecule has 5 rings (SSSR count). The molecule has 0 unspecified atom stereocenters. The maximum absolute atomic E-state index is 14.9. The van der Waals surface area contributed by atoms with Crippen LogP contribution in [0, 0.1) is 5.82 Å². The van der Waals surface area contributed by atoms with Gasteiger partial charge in [-0.3, -0.25) is 9.78 Å². The van der Waals surface area contributed by atoms with E-state index in [1.165, 1.54) is 12.1 Å². The van der Waals surface area contributed by atoms with E-state index in [-0.39, 0.29) is 36.1 Å². The summed E-state index contributed by atoms with van der Waals surface area (Å²) in [5, 5.41) is 7.26. The van der Waals surface area contributed by atoms with E-state index in [1.54, 1.807) is 6.20 Å². The molecule has 1 fully saturated rings. The van der Waals surface area contributed by atoms with E-state index in [1.807, 2.05) is 30.3 Å². The first kappa shape index (κ1) is 23.7. The maximum Gasteiger partial charge on any atom is 0.435 e. The molecule has 0 saturated heterocycles. The van der Waals surface area contributed by atoms with Gasteiger partial charge in [-0.25, -0.2) is 9.07 Å². The van der Waals surface area contributed by atoms with Gasteiger partial charge in [0.25, 0.3) is 5.91 Å². The summed E-state index contributed by atoms with van der Waals surface area (Å²) in [5.74, 6) is -1.39. The van der Waals surface area contributed by atoms with Gasteiger partial charge in [0.1, 0.15) is 11.5 Å². The Morgan fingerprint density at radius 2 is 1.88 bits per heavy atom. The minimum absolute atomic E-state index is 0. The number of fused-ring (bicyclic) bond motifs is 1. The third kappa shape index (κ3) is 4.75. The van der Waals surface area contributed by atoms with Crippen molar-refractivity contribution in [3.05, 3.63) is 89.1 Å². The van der Waals surface area contributed by atoms with E-state index in [4.69, 9.17) is 0 Å². The van der Waals surface area contributed by atoms with Gasteiger partial charge >= 0.3 is 6.18 Å². The van der Waals surface area contributed by atoms with Gasteiger partial charge in [0.05, 0.1) is 5.52 Å². The molecule has 1 amide bonds. The maximum atomic E-state index is 14.9. The number of carbonyl (C=O) groups excluding carboxylic acids is 1. The number of aromatic nitrogens is 3. The first-order valence-corrected chi connectivity index (χ1v) is 10.4. The molecule has 0 radical (unpaired) electrons. The van der Waals surface area contributed by atoms with Crippen LogP contribution in [0.25, 0.3) is 16.6 Å². The third-order valence-corrected chi connectivity index (χ3v) is 5.58. The van der Waals surface area contributed by atoms with E-state index in [0.29, 0.717) is 5.69 Å². The molecule has 5 nitrogen and oxygen atoms in total. The Hall–Kier alpha value is -3.46. The minimum Gasteiger partial charge on any atom is -0.348 e. The summed E-state index contributed by atoms with van der Waals surface area (Å²) < 4.78 is 55.3. The Morgan fingerprint density at radius 3 is 2.59 bits per heavy atom. The fourth-order valence-corrected chi connectivity index (χ4v) is 3.74. The topological polar surface area (TPSA) is 59.8 Å². The lowest BCUT2D eigenvalue weighted by Gasteiger charge is -2.10. The Kier molecular flexibility index (Phi) is 6.31. The molecular formula is C24H19ClF4N4O. The van der Waals surface area contributed by atoms with Crippen molar-refractivity contribution in [3.63, 3.8) is 0 Å². The van der Waals surface area contributed by atoms with Gasteiger partial charge in [0.2, 0.25) is 0 Å². The molecule has 0 atom stereocenters. The van der Waals surface area contributed by atoms with Gasteiger partial charge in [0, 0.05) is 35.3 Å². The second kappa shape index (κ2) is 9.06. The van der Waals surface area contributed by atoms with Crippen LogP contribution < -0.4 is 5.32 Å². The number of hydrogen-bond donors (Lipinski definition) is 1. The SMILES string of the molecule is Cl.O=C(NCc1ccc2ncccc2c1)c1ccc(-n2nc(C(F)(F)F)cc2C2CC2)c(F)c1. The van der Waals surface area contributed by atoms with Crippen molar-refractivity contribution in [2.45, 2.75) is 31.5 Å². The van der Waals surface area contributed by atoms with Gasteiger partial charge in [-0.05, 0) is 60.9 Å². The van der Waals surface area contributed by atoms with Crippen LogP contribution in [0.2, 0.25) is 0 Å². The molecule has 1 N–H and O–H groups in total. The number of pyridine rings is 1. The number of rotatable bonds is 5. The molecule has 0 aliphatic heterocycles. The summed E-state index contributed by atoms with van der Waals surface area (Å²) in [5.41, 5.74) is 0.899. The summed E-state index contributed by atoms with van der Waals surface area (Å²) in [4.78, 5) is 16.8. The van der Waals surface area contributed by atoms with Crippen molar-refractivity contribution >= 4 is 29.2 Å². The lowest BCUT2D eigenvalue weighted by Crippen LogP contribution is -2.23. The predicted molar refractivity (Wildman–Crippen MR) is 121 cm³/mol. The normalized spacial score (nSPS) is 13.5. The second-order valence-electron chi connectivity index (χ2n) is 8.02. The van der Waals surface area contributed by atoms with Gasteiger partial charge in [-0.1, -0.05) is 12.1 Å². The predicted octanol–water partition coefficient (Wildman–Crippen LogP) is 5.81. The molecule has 34 heavy (non-hydrogen) atoms. The van der Waals surface area contributed by atoms with Gasteiger partial charge < -0.3 is 5.32 Å². The van der Waals surface area contributed by atoms with E-state index in [2.05, 4.69) is 15.4 Å². The number of hydrogen-bond acceptors (Lipinski definition) is 3. The van der Waals surface area contributed by atoms with Crippen LogP contribution in [-0.4, -0.2) is 20.7 Å². The van der Waals surface area contributed by atoms with Gasteiger partial charge in [-0.15, -0.1) is 12.4 Å². The Morgan fingerprint density at radius 1 is 1.09 bits per heavy atom. The van der Waals surface area contributed by atoms with Crippen LogP contribution in [0.4, 0.5) is 17.6 Å². The monoisotopic (exact) mass is 490 g/mol. The van der Waals surface area contributed by atoms with Crippen LogP contribution in [0.1, 0.15) is 46.1 Å². The molecular weight excluding hydrogens is 472 g/mol. The van der Waals surface area contributed by atoms with Crippen LogP contribution in [0.3, 0.4) is 0 Å². The summed E-state index contributed by atoms with van der Waals surface area (Å²) in [7, 11) is 0. The second-order valence-corrected chi connectivity index (χ2v) is 8.02. The quantitative estimate of drug-likeness (QED) is 0.359. The van der Waals surface area contributed by atoms with E-state index in [0.717, 1.165) is 46.1 Å². The van der Waals surface area contributed by atoms with Crippen LogP contribution in [-0.2, 0) is 12.7 Å². The summed E-state index contributed by atoms with van der Waals surface area (Å²) in [6, 6.07) is 14.0. The van der Waals surface area contributed by atoms with Gasteiger partial charge in [0.15, 0.2) is 5.69 Å². The fraction of sp³-hybridized carbons (Fsp3) is 0.208. The highest BCUT2D eigenvalue weighted by molar-refractivity contribution is 5.94. The molecule has 1 aliphatic rings.